The number of rotatable bonds is 8. The fourth-order valence-corrected chi connectivity index (χ4v) is 1.37. The Hall–Kier alpha value is -1.50. The third-order valence-corrected chi connectivity index (χ3v) is 2.29. The van der Waals surface area contributed by atoms with E-state index in [4.69, 9.17) is 15.9 Å². The van der Waals surface area contributed by atoms with Crippen molar-refractivity contribution in [2.24, 2.45) is 0 Å². The van der Waals surface area contributed by atoms with Gasteiger partial charge in [-0.25, -0.2) is 0 Å². The van der Waals surface area contributed by atoms with Crippen molar-refractivity contribution in [1.82, 2.24) is 5.32 Å². The van der Waals surface area contributed by atoms with Gasteiger partial charge < -0.3 is 14.8 Å². The number of hydrogen-bond donors (Lipinski definition) is 1. The number of hydrogen-bond acceptors (Lipinski definition) is 3. The van der Waals surface area contributed by atoms with Gasteiger partial charge in [-0.1, -0.05) is 18.1 Å². The molecule has 0 aliphatic rings. The molecular weight excluding hydrogens is 214 g/mol. The van der Waals surface area contributed by atoms with Crippen LogP contribution >= 0.6 is 0 Å². The van der Waals surface area contributed by atoms with E-state index in [9.17, 15) is 0 Å². The first-order valence-corrected chi connectivity index (χ1v) is 5.71. The Morgan fingerprint density at radius 2 is 2.00 bits per heavy atom. The van der Waals surface area contributed by atoms with Crippen LogP contribution in [0.3, 0.4) is 0 Å². The van der Waals surface area contributed by atoms with Crippen LogP contribution in [-0.2, 0) is 11.2 Å². The summed E-state index contributed by atoms with van der Waals surface area (Å²) in [6.07, 6.45) is 6.05. The van der Waals surface area contributed by atoms with E-state index >= 15 is 0 Å². The van der Waals surface area contributed by atoms with Crippen molar-refractivity contribution in [1.29, 1.82) is 0 Å². The summed E-state index contributed by atoms with van der Waals surface area (Å²) in [5.41, 5.74) is 1.25. The van der Waals surface area contributed by atoms with Crippen LogP contribution in [-0.4, -0.2) is 33.4 Å². The highest BCUT2D eigenvalue weighted by Crippen LogP contribution is 2.12. The summed E-state index contributed by atoms with van der Waals surface area (Å²) in [7, 11) is 1.71. The van der Waals surface area contributed by atoms with Crippen LogP contribution in [0.1, 0.15) is 5.56 Å². The molecule has 0 aliphatic heterocycles. The second-order valence-electron chi connectivity index (χ2n) is 3.62. The molecule has 0 amide bonds. The molecule has 3 nitrogen and oxygen atoms in total. The van der Waals surface area contributed by atoms with Crippen molar-refractivity contribution in [2.45, 2.75) is 6.42 Å². The second-order valence-corrected chi connectivity index (χ2v) is 3.62. The first-order valence-electron chi connectivity index (χ1n) is 5.71. The molecule has 17 heavy (non-hydrogen) atoms. The molecule has 1 aromatic rings. The minimum atomic E-state index is 0.583. The Morgan fingerprint density at radius 3 is 2.65 bits per heavy atom. The van der Waals surface area contributed by atoms with Crippen molar-refractivity contribution in [3.05, 3.63) is 29.8 Å². The summed E-state index contributed by atoms with van der Waals surface area (Å²) < 4.78 is 10.6. The van der Waals surface area contributed by atoms with Crippen LogP contribution in [0.25, 0.3) is 0 Å². The van der Waals surface area contributed by atoms with Gasteiger partial charge in [-0.05, 0) is 24.1 Å². The van der Waals surface area contributed by atoms with Crippen LogP contribution in [0.2, 0.25) is 0 Å². The highest BCUT2D eigenvalue weighted by Gasteiger charge is 1.95. The van der Waals surface area contributed by atoms with E-state index in [1.807, 2.05) is 12.1 Å². The smallest absolute Gasteiger partial charge is 0.119 e. The minimum absolute atomic E-state index is 0.583. The predicted octanol–water partition coefficient (Wildman–Crippen LogP) is 1.48. The Labute approximate surface area is 103 Å². The fraction of sp³-hybridized carbons (Fsp3) is 0.429. The second kappa shape index (κ2) is 8.63. The van der Waals surface area contributed by atoms with Crippen LogP contribution < -0.4 is 10.1 Å². The molecule has 0 aromatic heterocycles. The lowest BCUT2D eigenvalue weighted by molar-refractivity contribution is 0.202. The Morgan fingerprint density at radius 1 is 1.24 bits per heavy atom. The fourth-order valence-electron chi connectivity index (χ4n) is 1.37. The van der Waals surface area contributed by atoms with Crippen LogP contribution in [0, 0.1) is 12.3 Å². The SMILES string of the molecule is C#CCNCCOc1ccc(CCOC)cc1. The summed E-state index contributed by atoms with van der Waals surface area (Å²) in [4.78, 5) is 0. The van der Waals surface area contributed by atoms with Gasteiger partial charge in [0.05, 0.1) is 13.2 Å². The molecule has 0 unspecified atom stereocenters. The number of terminal acetylenes is 1. The molecule has 3 heteroatoms. The Balaban J connectivity index is 2.23. The summed E-state index contributed by atoms with van der Waals surface area (Å²) in [6.45, 7) is 2.71. The molecule has 0 aliphatic carbocycles. The first-order chi connectivity index (χ1) is 8.36. The maximum atomic E-state index is 5.55. The molecule has 0 bridgehead atoms. The van der Waals surface area contributed by atoms with E-state index in [1.54, 1.807) is 7.11 Å². The van der Waals surface area contributed by atoms with Gasteiger partial charge >= 0.3 is 0 Å². The molecule has 0 spiro atoms. The zero-order chi connectivity index (χ0) is 12.3. The number of methoxy groups -OCH3 is 1. The molecule has 0 heterocycles. The monoisotopic (exact) mass is 233 g/mol. The first kappa shape index (κ1) is 13.6. The molecule has 0 radical (unpaired) electrons. The molecule has 1 aromatic carbocycles. The molecule has 0 atom stereocenters. The van der Waals surface area contributed by atoms with Gasteiger partial charge in [-0.3, -0.25) is 0 Å². The molecule has 1 N–H and O–H groups in total. The van der Waals surface area contributed by atoms with Crippen molar-refractivity contribution in [2.75, 3.05) is 33.4 Å². The van der Waals surface area contributed by atoms with Crippen molar-refractivity contribution in [3.63, 3.8) is 0 Å². The van der Waals surface area contributed by atoms with Crippen LogP contribution in [0.4, 0.5) is 0 Å². The van der Waals surface area contributed by atoms with E-state index < -0.39 is 0 Å². The molecule has 0 saturated heterocycles. The molecule has 0 fully saturated rings. The van der Waals surface area contributed by atoms with Gasteiger partial charge in [0.15, 0.2) is 0 Å². The van der Waals surface area contributed by atoms with Crippen molar-refractivity contribution >= 4 is 0 Å². The predicted molar refractivity (Wildman–Crippen MR) is 69.2 cm³/mol. The van der Waals surface area contributed by atoms with E-state index in [0.29, 0.717) is 13.2 Å². The highest BCUT2D eigenvalue weighted by atomic mass is 16.5. The third-order valence-electron chi connectivity index (χ3n) is 2.29. The lowest BCUT2D eigenvalue weighted by Crippen LogP contribution is -2.21. The third kappa shape index (κ3) is 5.96. The van der Waals surface area contributed by atoms with E-state index in [2.05, 4.69) is 23.4 Å². The van der Waals surface area contributed by atoms with Gasteiger partial charge in [0, 0.05) is 13.7 Å². The molecule has 92 valence electrons. The maximum Gasteiger partial charge on any atom is 0.119 e. The van der Waals surface area contributed by atoms with Gasteiger partial charge in [0.1, 0.15) is 12.4 Å². The lowest BCUT2D eigenvalue weighted by atomic mass is 10.1. The minimum Gasteiger partial charge on any atom is -0.492 e. The van der Waals surface area contributed by atoms with Crippen LogP contribution in [0.5, 0.6) is 5.75 Å². The topological polar surface area (TPSA) is 30.5 Å². The molecule has 0 saturated carbocycles. The molecule has 1 rings (SSSR count). The van der Waals surface area contributed by atoms with Gasteiger partial charge in [-0.15, -0.1) is 6.42 Å². The standard InChI is InChI=1S/C14H19NO2/c1-3-9-15-10-12-17-14-6-4-13(5-7-14)8-11-16-2/h1,4-7,15H,8-12H2,2H3. The summed E-state index contributed by atoms with van der Waals surface area (Å²) in [5.74, 6) is 3.40. The Bertz CT molecular complexity index is 340. The van der Waals surface area contributed by atoms with Crippen molar-refractivity contribution in [3.8, 4) is 18.1 Å². The number of ether oxygens (including phenoxy) is 2. The summed E-state index contributed by atoms with van der Waals surface area (Å²) >= 11 is 0. The quantitative estimate of drug-likeness (QED) is 0.545. The normalized spacial score (nSPS) is 9.88. The molecular formula is C14H19NO2. The zero-order valence-electron chi connectivity index (χ0n) is 10.2. The Kier molecular flexibility index (Phi) is 6.89. The van der Waals surface area contributed by atoms with E-state index in [-0.39, 0.29) is 0 Å². The maximum absolute atomic E-state index is 5.55. The van der Waals surface area contributed by atoms with E-state index in [1.165, 1.54) is 5.56 Å². The lowest BCUT2D eigenvalue weighted by Gasteiger charge is -2.07. The van der Waals surface area contributed by atoms with Gasteiger partial charge in [0.25, 0.3) is 0 Å². The zero-order valence-corrected chi connectivity index (χ0v) is 10.2. The van der Waals surface area contributed by atoms with Crippen LogP contribution in [0.15, 0.2) is 24.3 Å². The van der Waals surface area contributed by atoms with Gasteiger partial charge in [-0.2, -0.15) is 0 Å². The summed E-state index contributed by atoms with van der Waals surface area (Å²) in [6, 6.07) is 8.07. The number of benzene rings is 1. The van der Waals surface area contributed by atoms with Gasteiger partial charge in [0.2, 0.25) is 0 Å². The van der Waals surface area contributed by atoms with E-state index in [0.717, 1.165) is 25.3 Å². The largest absolute Gasteiger partial charge is 0.492 e. The summed E-state index contributed by atoms with van der Waals surface area (Å²) in [5, 5.41) is 3.07. The van der Waals surface area contributed by atoms with Crippen molar-refractivity contribution < 1.29 is 9.47 Å². The number of nitrogens with one attached hydrogen (secondary N) is 1. The average molecular weight is 233 g/mol. The average Bonchev–Trinajstić information content (AvgIpc) is 2.37. The highest BCUT2D eigenvalue weighted by molar-refractivity contribution is 5.27.